The van der Waals surface area contributed by atoms with Crippen LogP contribution in [-0.2, 0) is 19.5 Å². The van der Waals surface area contributed by atoms with E-state index in [0.29, 0.717) is 0 Å². The largest absolute Gasteiger partial charge is 3.00 e. The number of hydrogen-bond acceptors (Lipinski definition) is 6. The van der Waals surface area contributed by atoms with Gasteiger partial charge in [-0.05, 0) is 0 Å². The van der Waals surface area contributed by atoms with Crippen LogP contribution in [0.3, 0.4) is 0 Å². The van der Waals surface area contributed by atoms with Crippen molar-refractivity contribution in [2.24, 2.45) is 0 Å². The van der Waals surface area contributed by atoms with Crippen molar-refractivity contribution in [1.82, 2.24) is 0 Å². The van der Waals surface area contributed by atoms with Crippen molar-refractivity contribution in [2.75, 3.05) is 0 Å². The minimum Gasteiger partial charge on any atom is -0.534 e. The van der Waals surface area contributed by atoms with Crippen molar-refractivity contribution < 1.29 is 49.2 Å². The van der Waals surface area contributed by atoms with Crippen LogP contribution >= 0.6 is 34.8 Å². The van der Waals surface area contributed by atoms with E-state index in [1.54, 1.807) is 0 Å². The van der Waals surface area contributed by atoms with Crippen LogP contribution in [0.1, 0.15) is 0 Å². The average molecular weight is 339 g/mol. The van der Waals surface area contributed by atoms with Gasteiger partial charge in [-0.2, -0.15) is 0 Å². The van der Waals surface area contributed by atoms with Gasteiger partial charge >= 0.3 is 19.5 Å². The molecule has 0 atom stereocenters. The van der Waals surface area contributed by atoms with E-state index in [2.05, 4.69) is 34.8 Å². The number of carbonyl (C=O) groups excluding carboxylic acids is 3. The van der Waals surface area contributed by atoms with Crippen molar-refractivity contribution >= 4 is 51.1 Å². The predicted octanol–water partition coefficient (Wildman–Crippen LogP) is -1.30. The second-order valence-corrected chi connectivity index (χ2v) is 1.64. The Balaban J connectivity index is -0.0000000450. The summed E-state index contributed by atoms with van der Waals surface area (Å²) in [7, 11) is 0. The summed E-state index contributed by atoms with van der Waals surface area (Å²) in [5.74, 6) is 0. The van der Waals surface area contributed by atoms with Gasteiger partial charge in [0.25, 0.3) is 0 Å². The van der Waals surface area contributed by atoms with Gasteiger partial charge < -0.3 is 29.7 Å². The van der Waals surface area contributed by atoms with Crippen molar-refractivity contribution in [3.63, 3.8) is 0 Å². The minimum atomic E-state index is -1.61. The Bertz CT molecular complexity index is 121. The summed E-state index contributed by atoms with van der Waals surface area (Å²) >= 11 is 12.2. The topological polar surface area (TPSA) is 120 Å². The standard InChI is InChI=1S/3CHClO2.Ru/c3*2-1(3)4;/h3*(H,3,4);/q;;;+3/p-3. The van der Waals surface area contributed by atoms with Crippen LogP contribution in [0, 0.1) is 0 Å². The fourth-order valence-corrected chi connectivity index (χ4v) is 0. The Morgan fingerprint density at radius 3 is 0.692 bits per heavy atom. The van der Waals surface area contributed by atoms with Gasteiger partial charge in [-0.3, -0.25) is 0 Å². The summed E-state index contributed by atoms with van der Waals surface area (Å²) in [6.45, 7) is 0. The second-order valence-electron chi connectivity index (χ2n) is 0.713. The summed E-state index contributed by atoms with van der Waals surface area (Å²) in [4.78, 5) is 26.0. The Kier molecular flexibility index (Phi) is 31.7. The van der Waals surface area contributed by atoms with Gasteiger partial charge in [-0.15, -0.1) is 0 Å². The summed E-state index contributed by atoms with van der Waals surface area (Å²) < 4.78 is 0. The molecule has 0 heterocycles. The molecule has 0 N–H and O–H groups in total. The second kappa shape index (κ2) is 17.9. The molecule has 0 rings (SSSR count). The van der Waals surface area contributed by atoms with Crippen LogP contribution in [0.4, 0.5) is 14.4 Å². The first kappa shape index (κ1) is 23.1. The summed E-state index contributed by atoms with van der Waals surface area (Å²) in [5.41, 5.74) is -4.83. The van der Waals surface area contributed by atoms with E-state index in [0.717, 1.165) is 0 Å². The van der Waals surface area contributed by atoms with Gasteiger partial charge in [0.2, 0.25) is 0 Å². The third-order valence-electron chi connectivity index (χ3n) is 0. The minimum absolute atomic E-state index is 0. The van der Waals surface area contributed by atoms with E-state index < -0.39 is 16.3 Å². The van der Waals surface area contributed by atoms with E-state index in [1.165, 1.54) is 0 Å². The summed E-state index contributed by atoms with van der Waals surface area (Å²) in [6.07, 6.45) is 0. The molecule has 0 unspecified atom stereocenters. The number of rotatable bonds is 0. The molecule has 0 fully saturated rings. The Hall–Kier alpha value is -0.0966. The number of halogens is 3. The Morgan fingerprint density at radius 2 is 0.692 bits per heavy atom. The van der Waals surface area contributed by atoms with Gasteiger partial charge in [0.1, 0.15) is 16.3 Å². The molecule has 0 aliphatic rings. The zero-order chi connectivity index (χ0) is 10.7. The van der Waals surface area contributed by atoms with Crippen molar-refractivity contribution in [1.29, 1.82) is 0 Å². The molecule has 0 aliphatic heterocycles. The van der Waals surface area contributed by atoms with E-state index in [-0.39, 0.29) is 19.5 Å². The molecule has 6 nitrogen and oxygen atoms in total. The van der Waals surface area contributed by atoms with Gasteiger partial charge in [0, 0.05) is 0 Å². The molecule has 0 bridgehead atoms. The molecule has 0 aromatic rings. The van der Waals surface area contributed by atoms with Gasteiger partial charge in [0.05, 0.1) is 0 Å². The molecule has 0 saturated carbocycles. The van der Waals surface area contributed by atoms with E-state index in [1.807, 2.05) is 0 Å². The zero-order valence-corrected chi connectivity index (χ0v) is 9.44. The third kappa shape index (κ3) is 125000. The maximum atomic E-state index is 8.65. The molecular formula is C3Cl3O6Ru. The zero-order valence-electron chi connectivity index (χ0n) is 5.44. The average Bonchev–Trinajstić information content (AvgIpc) is 1.54. The normalized spacial score (nSPS) is 5.77. The van der Waals surface area contributed by atoms with Crippen molar-refractivity contribution in [3.8, 4) is 0 Å². The number of carboxylic acid groups (broad SMARTS) is 3. The first-order chi connectivity index (χ1) is 5.20. The molecule has 77 valence electrons. The van der Waals surface area contributed by atoms with Gasteiger partial charge in [-0.25, -0.2) is 0 Å². The SMILES string of the molecule is O=C([O-])Cl.O=C([O-])Cl.O=C([O-])Cl.[Ru+3]. The number of hydrogen-bond donors (Lipinski definition) is 0. The maximum Gasteiger partial charge on any atom is 3.00 e. The number of carbonyl (C=O) groups is 3. The first-order valence-corrected chi connectivity index (χ1v) is 2.93. The first-order valence-electron chi connectivity index (χ1n) is 1.79. The van der Waals surface area contributed by atoms with Crippen molar-refractivity contribution in [3.05, 3.63) is 0 Å². The molecule has 0 aromatic heterocycles. The monoisotopic (exact) mass is 339 g/mol. The van der Waals surface area contributed by atoms with Crippen LogP contribution in [0.25, 0.3) is 0 Å². The van der Waals surface area contributed by atoms with Crippen LogP contribution in [-0.4, -0.2) is 16.3 Å². The van der Waals surface area contributed by atoms with E-state index in [9.17, 15) is 0 Å². The molecule has 10 heteroatoms. The third-order valence-corrected chi connectivity index (χ3v) is 0. The van der Waals surface area contributed by atoms with Gasteiger partial charge in [0.15, 0.2) is 0 Å². The Morgan fingerprint density at radius 1 is 0.692 bits per heavy atom. The van der Waals surface area contributed by atoms with E-state index >= 15 is 0 Å². The summed E-state index contributed by atoms with van der Waals surface area (Å²) in [5, 5.41) is 26.0. The smallest absolute Gasteiger partial charge is 0.534 e. The molecule has 0 spiro atoms. The van der Waals surface area contributed by atoms with Gasteiger partial charge in [-0.1, -0.05) is 34.8 Å². The quantitative estimate of drug-likeness (QED) is 0.400. The summed E-state index contributed by atoms with van der Waals surface area (Å²) in [6, 6.07) is 0. The molecule has 0 saturated heterocycles. The molecular weight excluding hydrogens is 339 g/mol. The maximum absolute atomic E-state index is 8.65. The van der Waals surface area contributed by atoms with Crippen LogP contribution < -0.4 is 15.3 Å². The fraction of sp³-hybridized carbons (Fsp3) is 0. The predicted molar refractivity (Wildman–Crippen MR) is 33.7 cm³/mol. The Labute approximate surface area is 100 Å². The molecule has 0 aliphatic carbocycles. The fourth-order valence-electron chi connectivity index (χ4n) is 0. The van der Waals surface area contributed by atoms with E-state index in [4.69, 9.17) is 29.7 Å². The van der Waals surface area contributed by atoms with Crippen molar-refractivity contribution in [2.45, 2.75) is 0 Å². The molecule has 0 amide bonds. The van der Waals surface area contributed by atoms with Crippen LogP contribution in [0.5, 0.6) is 0 Å². The molecule has 13 heavy (non-hydrogen) atoms. The van der Waals surface area contributed by atoms with Crippen LogP contribution in [0.15, 0.2) is 0 Å². The molecule has 0 aromatic carbocycles. The molecule has 1 radical (unpaired) electrons. The van der Waals surface area contributed by atoms with Crippen LogP contribution in [0.2, 0.25) is 0 Å².